The van der Waals surface area contributed by atoms with E-state index in [4.69, 9.17) is 11.6 Å². The van der Waals surface area contributed by atoms with Gasteiger partial charge < -0.3 is 10.6 Å². The number of aromatic nitrogens is 3. The summed E-state index contributed by atoms with van der Waals surface area (Å²) < 4.78 is 0. The fourth-order valence-electron chi connectivity index (χ4n) is 1.90. The van der Waals surface area contributed by atoms with E-state index in [1.165, 1.54) is 5.56 Å². The molecule has 2 aromatic carbocycles. The smallest absolute Gasteiger partial charge is 0.249 e. The third kappa shape index (κ3) is 3.71. The van der Waals surface area contributed by atoms with Gasteiger partial charge in [-0.05, 0) is 37.3 Å². The van der Waals surface area contributed by atoms with Gasteiger partial charge in [-0.1, -0.05) is 35.4 Å². The fraction of sp³-hybridized carbons (Fsp3) is 0.0625. The number of anilines is 4. The van der Waals surface area contributed by atoms with Gasteiger partial charge in [0.25, 0.3) is 0 Å². The minimum absolute atomic E-state index is 0.427. The first kappa shape index (κ1) is 14.3. The molecule has 0 amide bonds. The zero-order chi connectivity index (χ0) is 15.4. The van der Waals surface area contributed by atoms with Gasteiger partial charge in [-0.3, -0.25) is 0 Å². The van der Waals surface area contributed by atoms with Crippen LogP contribution in [0.15, 0.2) is 54.7 Å². The molecule has 0 spiro atoms. The zero-order valence-corrected chi connectivity index (χ0v) is 12.7. The normalized spacial score (nSPS) is 10.3. The first-order valence-corrected chi connectivity index (χ1v) is 7.13. The molecule has 0 saturated carbocycles. The first-order chi connectivity index (χ1) is 10.7. The Morgan fingerprint density at radius 3 is 2.55 bits per heavy atom. The number of halogens is 1. The van der Waals surface area contributed by atoms with Crippen molar-refractivity contribution in [2.45, 2.75) is 6.92 Å². The number of aryl methyl sites for hydroxylation is 1. The topological polar surface area (TPSA) is 62.7 Å². The van der Waals surface area contributed by atoms with Crippen molar-refractivity contribution < 1.29 is 0 Å². The highest BCUT2D eigenvalue weighted by molar-refractivity contribution is 6.30. The van der Waals surface area contributed by atoms with Crippen molar-refractivity contribution in [3.05, 3.63) is 65.3 Å². The van der Waals surface area contributed by atoms with Crippen LogP contribution in [-0.2, 0) is 0 Å². The van der Waals surface area contributed by atoms with E-state index in [1.807, 2.05) is 55.5 Å². The number of rotatable bonds is 4. The van der Waals surface area contributed by atoms with Crippen molar-refractivity contribution >= 4 is 34.7 Å². The van der Waals surface area contributed by atoms with Crippen molar-refractivity contribution in [3.63, 3.8) is 0 Å². The van der Waals surface area contributed by atoms with Gasteiger partial charge >= 0.3 is 0 Å². The molecule has 2 N–H and O–H groups in total. The summed E-state index contributed by atoms with van der Waals surface area (Å²) in [7, 11) is 0. The summed E-state index contributed by atoms with van der Waals surface area (Å²) in [6, 6.07) is 15.4. The van der Waals surface area contributed by atoms with Gasteiger partial charge in [0.15, 0.2) is 5.82 Å². The molecule has 1 heterocycles. The Morgan fingerprint density at radius 2 is 1.77 bits per heavy atom. The molecular formula is C16H14ClN5. The molecule has 1 aromatic heterocycles. The highest BCUT2D eigenvalue weighted by atomic mass is 35.5. The SMILES string of the molecule is Cc1ccc(Nc2nncc(Nc3cccc(Cl)c3)n2)cc1. The standard InChI is InChI=1S/C16H14ClN5/c1-11-5-7-13(8-6-11)20-16-21-15(10-18-22-16)19-14-4-2-3-12(17)9-14/h2-10H,1H3,(H2,19,20,21,22). The lowest BCUT2D eigenvalue weighted by molar-refractivity contribution is 0.982. The van der Waals surface area contributed by atoms with Crippen LogP contribution >= 0.6 is 11.6 Å². The van der Waals surface area contributed by atoms with Crippen LogP contribution in [0.5, 0.6) is 0 Å². The molecule has 5 nitrogen and oxygen atoms in total. The first-order valence-electron chi connectivity index (χ1n) is 6.75. The molecule has 0 fully saturated rings. The Labute approximate surface area is 133 Å². The van der Waals surface area contributed by atoms with Crippen LogP contribution in [0, 0.1) is 6.92 Å². The third-order valence-electron chi connectivity index (χ3n) is 2.96. The van der Waals surface area contributed by atoms with Crippen molar-refractivity contribution in [1.82, 2.24) is 15.2 Å². The lowest BCUT2D eigenvalue weighted by atomic mass is 10.2. The lowest BCUT2D eigenvalue weighted by Gasteiger charge is -2.08. The molecule has 0 aliphatic heterocycles. The molecule has 110 valence electrons. The molecule has 0 saturated heterocycles. The van der Waals surface area contributed by atoms with Gasteiger partial charge in [-0.2, -0.15) is 10.1 Å². The van der Waals surface area contributed by atoms with E-state index in [1.54, 1.807) is 6.20 Å². The number of nitrogens with one attached hydrogen (secondary N) is 2. The summed E-state index contributed by atoms with van der Waals surface area (Å²) in [5, 5.41) is 14.8. The van der Waals surface area contributed by atoms with Crippen LogP contribution in [0.4, 0.5) is 23.1 Å². The van der Waals surface area contributed by atoms with Crippen LogP contribution in [0.25, 0.3) is 0 Å². The summed E-state index contributed by atoms with van der Waals surface area (Å²) in [5.74, 6) is 1.02. The van der Waals surface area contributed by atoms with Gasteiger partial charge in [0.05, 0.1) is 6.20 Å². The molecule has 3 aromatic rings. The minimum Gasteiger partial charge on any atom is -0.339 e. The predicted molar refractivity (Wildman–Crippen MR) is 89.0 cm³/mol. The van der Waals surface area contributed by atoms with E-state index in [2.05, 4.69) is 25.8 Å². The zero-order valence-electron chi connectivity index (χ0n) is 11.9. The van der Waals surface area contributed by atoms with Crippen molar-refractivity contribution in [1.29, 1.82) is 0 Å². The maximum Gasteiger partial charge on any atom is 0.249 e. The van der Waals surface area contributed by atoms with Crippen LogP contribution in [-0.4, -0.2) is 15.2 Å². The average molecular weight is 312 g/mol. The number of benzene rings is 2. The van der Waals surface area contributed by atoms with E-state index in [0.717, 1.165) is 11.4 Å². The number of hydrogen-bond donors (Lipinski definition) is 2. The summed E-state index contributed by atoms with van der Waals surface area (Å²) in [4.78, 5) is 4.38. The summed E-state index contributed by atoms with van der Waals surface area (Å²) in [6.45, 7) is 2.04. The van der Waals surface area contributed by atoms with Gasteiger partial charge in [-0.15, -0.1) is 5.10 Å². The molecule has 0 bridgehead atoms. The molecule has 0 aliphatic rings. The fourth-order valence-corrected chi connectivity index (χ4v) is 2.09. The molecule has 6 heteroatoms. The maximum atomic E-state index is 5.96. The molecule has 22 heavy (non-hydrogen) atoms. The Bertz CT molecular complexity index is 773. The monoisotopic (exact) mass is 311 g/mol. The minimum atomic E-state index is 0.427. The molecule has 0 atom stereocenters. The quantitative estimate of drug-likeness (QED) is 0.751. The summed E-state index contributed by atoms with van der Waals surface area (Å²) >= 11 is 5.96. The Hall–Kier alpha value is -2.66. The molecule has 0 radical (unpaired) electrons. The van der Waals surface area contributed by atoms with Crippen LogP contribution in [0.1, 0.15) is 5.56 Å². The number of nitrogens with zero attached hydrogens (tertiary/aromatic N) is 3. The maximum absolute atomic E-state index is 5.96. The van der Waals surface area contributed by atoms with Gasteiger partial charge in [-0.25, -0.2) is 0 Å². The molecule has 0 aliphatic carbocycles. The number of hydrogen-bond acceptors (Lipinski definition) is 5. The van der Waals surface area contributed by atoms with Crippen LogP contribution in [0.3, 0.4) is 0 Å². The van der Waals surface area contributed by atoms with Gasteiger partial charge in [0, 0.05) is 16.4 Å². The predicted octanol–water partition coefficient (Wildman–Crippen LogP) is 4.32. The van der Waals surface area contributed by atoms with Crippen LogP contribution < -0.4 is 10.6 Å². The van der Waals surface area contributed by atoms with E-state index >= 15 is 0 Å². The van der Waals surface area contributed by atoms with Gasteiger partial charge in [0.2, 0.25) is 5.95 Å². The Morgan fingerprint density at radius 1 is 0.955 bits per heavy atom. The largest absolute Gasteiger partial charge is 0.339 e. The second-order valence-corrected chi connectivity index (χ2v) is 5.23. The highest BCUT2D eigenvalue weighted by Gasteiger charge is 2.02. The molecular weight excluding hydrogens is 298 g/mol. The summed E-state index contributed by atoms with van der Waals surface area (Å²) in [5.41, 5.74) is 2.95. The van der Waals surface area contributed by atoms with E-state index in [0.29, 0.717) is 16.8 Å². The Kier molecular flexibility index (Phi) is 4.16. The van der Waals surface area contributed by atoms with Gasteiger partial charge in [0.1, 0.15) is 0 Å². The second-order valence-electron chi connectivity index (χ2n) is 4.79. The second kappa shape index (κ2) is 6.41. The van der Waals surface area contributed by atoms with Crippen molar-refractivity contribution in [2.24, 2.45) is 0 Å². The third-order valence-corrected chi connectivity index (χ3v) is 3.20. The average Bonchev–Trinajstić information content (AvgIpc) is 2.50. The Balaban J connectivity index is 1.76. The van der Waals surface area contributed by atoms with E-state index < -0.39 is 0 Å². The van der Waals surface area contributed by atoms with E-state index in [-0.39, 0.29) is 0 Å². The van der Waals surface area contributed by atoms with Crippen LogP contribution in [0.2, 0.25) is 5.02 Å². The van der Waals surface area contributed by atoms with E-state index in [9.17, 15) is 0 Å². The highest BCUT2D eigenvalue weighted by Crippen LogP contribution is 2.19. The van der Waals surface area contributed by atoms with Crippen molar-refractivity contribution in [2.75, 3.05) is 10.6 Å². The van der Waals surface area contributed by atoms with Crippen molar-refractivity contribution in [3.8, 4) is 0 Å². The molecule has 0 unspecified atom stereocenters. The molecule has 3 rings (SSSR count). The summed E-state index contributed by atoms with van der Waals surface area (Å²) in [6.07, 6.45) is 1.56. The lowest BCUT2D eigenvalue weighted by Crippen LogP contribution is -2.02.